The summed E-state index contributed by atoms with van der Waals surface area (Å²) in [5, 5.41) is 18.5. The number of aryl methyl sites for hydroxylation is 1. The predicted molar refractivity (Wildman–Crippen MR) is 91.2 cm³/mol. The Bertz CT molecular complexity index is 626. The quantitative estimate of drug-likeness (QED) is 0.348. The summed E-state index contributed by atoms with van der Waals surface area (Å²) in [6, 6.07) is 5.44. The van der Waals surface area contributed by atoms with Gasteiger partial charge in [-0.05, 0) is 37.5 Å². The first-order chi connectivity index (χ1) is 10.3. The van der Waals surface area contributed by atoms with Crippen molar-refractivity contribution in [3.63, 3.8) is 0 Å². The zero-order valence-electron chi connectivity index (χ0n) is 12.2. The SMILES string of the molecule is CC(=N)C(=N)/C(N)=C\C(=O)NCCCc1ccc(Cl)c(Cl)c1. The van der Waals surface area contributed by atoms with Gasteiger partial charge in [0.1, 0.15) is 0 Å². The summed E-state index contributed by atoms with van der Waals surface area (Å²) < 4.78 is 0. The van der Waals surface area contributed by atoms with Crippen LogP contribution in [0.2, 0.25) is 10.0 Å². The molecular formula is C15H18Cl2N4O. The Morgan fingerprint density at radius 3 is 2.59 bits per heavy atom. The van der Waals surface area contributed by atoms with Crippen molar-refractivity contribution in [1.82, 2.24) is 5.32 Å². The molecule has 1 rings (SSSR count). The molecule has 0 heterocycles. The number of hydrogen-bond acceptors (Lipinski definition) is 4. The van der Waals surface area contributed by atoms with Crippen LogP contribution in [0.4, 0.5) is 0 Å². The number of carbonyl (C=O) groups excluding carboxylic acids is 1. The second-order valence-electron chi connectivity index (χ2n) is 4.74. The molecule has 118 valence electrons. The van der Waals surface area contributed by atoms with Gasteiger partial charge in [0.15, 0.2) is 0 Å². The predicted octanol–water partition coefficient (Wildman–Crippen LogP) is 2.94. The van der Waals surface area contributed by atoms with Crippen molar-refractivity contribution in [3.05, 3.63) is 45.6 Å². The molecule has 0 aliphatic rings. The first-order valence-corrected chi connectivity index (χ1v) is 7.40. The number of halogens is 2. The zero-order valence-corrected chi connectivity index (χ0v) is 13.7. The lowest BCUT2D eigenvalue weighted by atomic mass is 10.1. The summed E-state index contributed by atoms with van der Waals surface area (Å²) in [6.07, 6.45) is 2.61. The van der Waals surface area contributed by atoms with E-state index in [0.717, 1.165) is 24.5 Å². The highest BCUT2D eigenvalue weighted by Crippen LogP contribution is 2.22. The molecule has 0 fully saturated rings. The number of nitrogens with one attached hydrogen (secondary N) is 3. The molecule has 0 bridgehead atoms. The van der Waals surface area contributed by atoms with Gasteiger partial charge in [0.05, 0.1) is 27.2 Å². The maximum atomic E-state index is 11.6. The van der Waals surface area contributed by atoms with Crippen LogP contribution in [0.15, 0.2) is 30.0 Å². The van der Waals surface area contributed by atoms with Crippen molar-refractivity contribution in [2.24, 2.45) is 5.73 Å². The fraction of sp³-hybridized carbons (Fsp3) is 0.267. The van der Waals surface area contributed by atoms with Crippen molar-refractivity contribution >= 4 is 40.5 Å². The third kappa shape index (κ3) is 5.87. The highest BCUT2D eigenvalue weighted by molar-refractivity contribution is 6.45. The molecule has 1 amide bonds. The van der Waals surface area contributed by atoms with E-state index in [4.69, 9.17) is 39.8 Å². The minimum absolute atomic E-state index is 0.0150. The van der Waals surface area contributed by atoms with E-state index in [-0.39, 0.29) is 23.0 Å². The van der Waals surface area contributed by atoms with Gasteiger partial charge in [-0.15, -0.1) is 0 Å². The smallest absolute Gasteiger partial charge is 0.246 e. The van der Waals surface area contributed by atoms with Gasteiger partial charge in [0, 0.05) is 12.6 Å². The monoisotopic (exact) mass is 340 g/mol. The van der Waals surface area contributed by atoms with E-state index in [1.165, 1.54) is 6.92 Å². The Kier molecular flexibility index (Phi) is 7.08. The van der Waals surface area contributed by atoms with E-state index in [9.17, 15) is 4.79 Å². The lowest BCUT2D eigenvalue weighted by molar-refractivity contribution is -0.116. The van der Waals surface area contributed by atoms with Crippen LogP contribution in [0.25, 0.3) is 0 Å². The average Bonchev–Trinajstić information content (AvgIpc) is 2.46. The average molecular weight is 341 g/mol. The van der Waals surface area contributed by atoms with Gasteiger partial charge in [-0.2, -0.15) is 0 Å². The molecule has 0 saturated heterocycles. The molecule has 0 spiro atoms. The number of amides is 1. The molecule has 22 heavy (non-hydrogen) atoms. The number of hydrogen-bond donors (Lipinski definition) is 4. The fourth-order valence-corrected chi connectivity index (χ4v) is 2.00. The van der Waals surface area contributed by atoms with Gasteiger partial charge in [0.2, 0.25) is 5.91 Å². The van der Waals surface area contributed by atoms with Gasteiger partial charge in [-0.25, -0.2) is 0 Å². The Balaban J connectivity index is 2.39. The van der Waals surface area contributed by atoms with Gasteiger partial charge < -0.3 is 16.5 Å². The maximum Gasteiger partial charge on any atom is 0.246 e. The molecule has 0 unspecified atom stereocenters. The van der Waals surface area contributed by atoms with Crippen LogP contribution >= 0.6 is 23.2 Å². The van der Waals surface area contributed by atoms with Gasteiger partial charge in [-0.3, -0.25) is 10.2 Å². The Hall–Kier alpha value is -1.85. The van der Waals surface area contributed by atoms with Crippen molar-refractivity contribution in [1.29, 1.82) is 10.8 Å². The number of nitrogens with two attached hydrogens (primary N) is 1. The molecule has 1 aromatic carbocycles. The van der Waals surface area contributed by atoms with Crippen molar-refractivity contribution in [3.8, 4) is 0 Å². The van der Waals surface area contributed by atoms with E-state index in [2.05, 4.69) is 5.32 Å². The molecule has 5 N–H and O–H groups in total. The van der Waals surface area contributed by atoms with Crippen LogP contribution < -0.4 is 11.1 Å². The van der Waals surface area contributed by atoms with E-state index in [0.29, 0.717) is 16.6 Å². The van der Waals surface area contributed by atoms with Crippen LogP contribution in [0.5, 0.6) is 0 Å². The Labute approximate surface area is 139 Å². The van der Waals surface area contributed by atoms with Gasteiger partial charge in [-0.1, -0.05) is 29.3 Å². The summed E-state index contributed by atoms with van der Waals surface area (Å²) in [7, 11) is 0. The molecule has 0 aromatic heterocycles. The van der Waals surface area contributed by atoms with Crippen LogP contribution in [-0.4, -0.2) is 23.9 Å². The third-order valence-corrected chi connectivity index (χ3v) is 3.61. The summed E-state index contributed by atoms with van der Waals surface area (Å²) in [4.78, 5) is 11.6. The van der Waals surface area contributed by atoms with Gasteiger partial charge in [0.25, 0.3) is 0 Å². The summed E-state index contributed by atoms with van der Waals surface area (Å²) in [5.74, 6) is -0.377. The highest BCUT2D eigenvalue weighted by atomic mass is 35.5. The Morgan fingerprint density at radius 2 is 2.00 bits per heavy atom. The third-order valence-electron chi connectivity index (χ3n) is 2.88. The lowest BCUT2D eigenvalue weighted by Crippen LogP contribution is -2.26. The number of benzene rings is 1. The molecular weight excluding hydrogens is 323 g/mol. The molecule has 1 aromatic rings. The van der Waals surface area contributed by atoms with E-state index in [1.807, 2.05) is 6.07 Å². The maximum absolute atomic E-state index is 11.6. The van der Waals surface area contributed by atoms with Crippen molar-refractivity contribution < 1.29 is 4.79 Å². The van der Waals surface area contributed by atoms with Crippen LogP contribution in [0.1, 0.15) is 18.9 Å². The zero-order chi connectivity index (χ0) is 16.7. The van der Waals surface area contributed by atoms with Crippen LogP contribution in [-0.2, 0) is 11.2 Å². The molecule has 0 saturated carbocycles. The number of rotatable bonds is 7. The first kappa shape index (κ1) is 18.2. The second-order valence-corrected chi connectivity index (χ2v) is 5.56. The lowest BCUT2D eigenvalue weighted by Gasteiger charge is -2.05. The fourth-order valence-electron chi connectivity index (χ4n) is 1.68. The van der Waals surface area contributed by atoms with E-state index < -0.39 is 0 Å². The summed E-state index contributed by atoms with van der Waals surface area (Å²) in [6.45, 7) is 1.91. The molecule has 7 heteroatoms. The van der Waals surface area contributed by atoms with Crippen LogP contribution in [0, 0.1) is 10.8 Å². The summed E-state index contributed by atoms with van der Waals surface area (Å²) in [5.41, 5.74) is 6.44. The van der Waals surface area contributed by atoms with Crippen LogP contribution in [0.3, 0.4) is 0 Å². The topological polar surface area (TPSA) is 103 Å². The molecule has 0 aliphatic heterocycles. The number of carbonyl (C=O) groups is 1. The highest BCUT2D eigenvalue weighted by Gasteiger charge is 2.06. The minimum atomic E-state index is -0.377. The molecule has 0 atom stereocenters. The minimum Gasteiger partial charge on any atom is -0.397 e. The first-order valence-electron chi connectivity index (χ1n) is 6.64. The van der Waals surface area contributed by atoms with E-state index in [1.54, 1.807) is 12.1 Å². The van der Waals surface area contributed by atoms with E-state index >= 15 is 0 Å². The van der Waals surface area contributed by atoms with Gasteiger partial charge >= 0.3 is 0 Å². The molecule has 0 radical (unpaired) electrons. The molecule has 0 aliphatic carbocycles. The van der Waals surface area contributed by atoms with Crippen molar-refractivity contribution in [2.45, 2.75) is 19.8 Å². The Morgan fingerprint density at radius 1 is 1.32 bits per heavy atom. The standard InChI is InChI=1S/C15H18Cl2N4O/c1-9(18)15(20)13(19)8-14(22)21-6-2-3-10-4-5-11(16)12(17)7-10/h4-5,7-8,18,20H,2-3,6,19H2,1H3,(H,21,22)/b13-8+,18-9?,20-15?. The van der Waals surface area contributed by atoms with Crippen molar-refractivity contribution in [2.75, 3.05) is 6.54 Å². The second kappa shape index (κ2) is 8.56. The number of allylic oxidation sites excluding steroid dienone is 1. The molecule has 5 nitrogen and oxygen atoms in total. The summed E-state index contributed by atoms with van der Waals surface area (Å²) >= 11 is 11.8. The normalized spacial score (nSPS) is 11.1. The largest absolute Gasteiger partial charge is 0.397 e.